The van der Waals surface area contributed by atoms with Crippen LogP contribution < -0.4 is 0 Å². The smallest absolute Gasteiger partial charge is 0.256 e. The maximum absolute atomic E-state index is 11.6. The van der Waals surface area contributed by atoms with E-state index in [1.807, 2.05) is 13.0 Å². The van der Waals surface area contributed by atoms with Gasteiger partial charge >= 0.3 is 0 Å². The second-order valence-corrected chi connectivity index (χ2v) is 2.87. The summed E-state index contributed by atoms with van der Waals surface area (Å²) < 4.78 is 0. The molecule has 0 radical (unpaired) electrons. The predicted octanol–water partition coefficient (Wildman–Crippen LogP) is 0.919. The molecule has 0 aliphatic heterocycles. The van der Waals surface area contributed by atoms with Crippen molar-refractivity contribution in [3.8, 4) is 6.07 Å². The Morgan fingerprint density at radius 3 is 2.85 bits per heavy atom. The van der Waals surface area contributed by atoms with Crippen LogP contribution in [0.25, 0.3) is 0 Å². The molecule has 0 atom stereocenters. The molecule has 68 valence electrons. The molecule has 4 nitrogen and oxygen atoms in total. The molecular weight excluding hydrogens is 166 g/mol. The monoisotopic (exact) mass is 177 g/mol. The topological polar surface area (TPSA) is 59.9 Å². The van der Waals surface area contributed by atoms with Crippen molar-refractivity contribution in [2.24, 2.45) is 0 Å². The fourth-order valence-corrected chi connectivity index (χ4v) is 1.06. The molecule has 1 aromatic heterocycles. The third-order valence-corrected chi connectivity index (χ3v) is 1.84. The van der Waals surface area contributed by atoms with E-state index in [0.717, 1.165) is 5.56 Å². The minimum atomic E-state index is -0.125. The first-order valence-corrected chi connectivity index (χ1v) is 3.92. The van der Waals surface area contributed by atoms with Crippen LogP contribution in [0.1, 0.15) is 15.9 Å². The summed E-state index contributed by atoms with van der Waals surface area (Å²) in [4.78, 5) is 15.8. The number of nitrogens with one attached hydrogen (secondary N) is 1. The third-order valence-electron chi connectivity index (χ3n) is 1.84. The molecule has 1 heterocycles. The number of H-pyrrole nitrogens is 1. The Morgan fingerprint density at radius 1 is 1.69 bits per heavy atom. The van der Waals surface area contributed by atoms with Gasteiger partial charge in [-0.1, -0.05) is 0 Å². The number of aromatic nitrogens is 1. The minimum absolute atomic E-state index is 0.115. The minimum Gasteiger partial charge on any atom is -0.367 e. The Kier molecular flexibility index (Phi) is 2.70. The normalized spacial score (nSPS) is 9.31. The van der Waals surface area contributed by atoms with Crippen molar-refractivity contribution < 1.29 is 4.79 Å². The molecule has 4 heteroatoms. The van der Waals surface area contributed by atoms with Gasteiger partial charge < -0.3 is 9.88 Å². The zero-order valence-corrected chi connectivity index (χ0v) is 7.66. The lowest BCUT2D eigenvalue weighted by Crippen LogP contribution is -2.27. The quantitative estimate of drug-likeness (QED) is 0.683. The lowest BCUT2D eigenvalue weighted by atomic mass is 10.2. The predicted molar refractivity (Wildman–Crippen MR) is 48.1 cm³/mol. The third kappa shape index (κ3) is 1.88. The molecule has 0 saturated heterocycles. The number of carbonyl (C=O) groups is 1. The highest BCUT2D eigenvalue weighted by molar-refractivity contribution is 5.95. The summed E-state index contributed by atoms with van der Waals surface area (Å²) in [6.45, 7) is 1.97. The van der Waals surface area contributed by atoms with Crippen LogP contribution in [0.4, 0.5) is 0 Å². The van der Waals surface area contributed by atoms with Gasteiger partial charge in [0, 0.05) is 19.4 Å². The molecule has 0 bridgehead atoms. The van der Waals surface area contributed by atoms with E-state index in [9.17, 15) is 4.79 Å². The highest BCUT2D eigenvalue weighted by Crippen LogP contribution is 2.08. The number of nitrogens with zero attached hydrogens (tertiary/aromatic N) is 2. The fraction of sp³-hybridized carbons (Fsp3) is 0.333. The van der Waals surface area contributed by atoms with Gasteiger partial charge in [-0.05, 0) is 12.5 Å². The molecule has 1 aromatic rings. The van der Waals surface area contributed by atoms with Crippen molar-refractivity contribution in [2.75, 3.05) is 13.6 Å². The van der Waals surface area contributed by atoms with E-state index in [-0.39, 0.29) is 12.5 Å². The maximum Gasteiger partial charge on any atom is 0.256 e. The van der Waals surface area contributed by atoms with Gasteiger partial charge in [0.2, 0.25) is 0 Å². The molecule has 0 unspecified atom stereocenters. The van der Waals surface area contributed by atoms with Gasteiger partial charge in [0.25, 0.3) is 5.91 Å². The SMILES string of the molecule is Cc1c[nH]cc1C(=O)N(C)CC#N. The van der Waals surface area contributed by atoms with Crippen LogP contribution in [-0.2, 0) is 0 Å². The molecule has 1 amide bonds. The van der Waals surface area contributed by atoms with E-state index in [4.69, 9.17) is 5.26 Å². The van der Waals surface area contributed by atoms with Crippen molar-refractivity contribution in [2.45, 2.75) is 6.92 Å². The average Bonchev–Trinajstić information content (AvgIpc) is 2.50. The molecule has 0 aliphatic carbocycles. The van der Waals surface area contributed by atoms with Crippen LogP contribution in [0.15, 0.2) is 12.4 Å². The number of amides is 1. The molecule has 0 saturated carbocycles. The Labute approximate surface area is 76.8 Å². The fourth-order valence-electron chi connectivity index (χ4n) is 1.06. The van der Waals surface area contributed by atoms with Gasteiger partial charge in [-0.2, -0.15) is 5.26 Å². The lowest BCUT2D eigenvalue weighted by molar-refractivity contribution is 0.0811. The van der Waals surface area contributed by atoms with E-state index < -0.39 is 0 Å². The van der Waals surface area contributed by atoms with E-state index in [1.165, 1.54) is 4.90 Å². The molecule has 0 aromatic carbocycles. The number of aromatic amines is 1. The molecule has 0 fully saturated rings. The molecule has 0 aliphatic rings. The van der Waals surface area contributed by atoms with Crippen LogP contribution in [0.2, 0.25) is 0 Å². The first-order chi connectivity index (χ1) is 6.16. The van der Waals surface area contributed by atoms with Crippen LogP contribution in [0.5, 0.6) is 0 Å². The number of rotatable bonds is 2. The summed E-state index contributed by atoms with van der Waals surface area (Å²) in [5.74, 6) is -0.125. The Bertz CT molecular complexity index is 348. The van der Waals surface area contributed by atoms with Crippen molar-refractivity contribution in [1.82, 2.24) is 9.88 Å². The van der Waals surface area contributed by atoms with Gasteiger partial charge in [-0.3, -0.25) is 4.79 Å². The van der Waals surface area contributed by atoms with E-state index in [2.05, 4.69) is 4.98 Å². The van der Waals surface area contributed by atoms with E-state index in [0.29, 0.717) is 5.56 Å². The van der Waals surface area contributed by atoms with Crippen LogP contribution in [-0.4, -0.2) is 29.4 Å². The van der Waals surface area contributed by atoms with Crippen molar-refractivity contribution >= 4 is 5.91 Å². The summed E-state index contributed by atoms with van der Waals surface area (Å²) >= 11 is 0. The number of hydrogen-bond acceptors (Lipinski definition) is 2. The summed E-state index contributed by atoms with van der Waals surface area (Å²) in [6, 6.07) is 1.92. The first kappa shape index (κ1) is 9.33. The number of carbonyl (C=O) groups excluding carboxylic acids is 1. The number of nitriles is 1. The van der Waals surface area contributed by atoms with Crippen molar-refractivity contribution in [3.63, 3.8) is 0 Å². The molecular formula is C9H11N3O. The van der Waals surface area contributed by atoms with Gasteiger partial charge in [-0.25, -0.2) is 0 Å². The highest BCUT2D eigenvalue weighted by Gasteiger charge is 2.13. The van der Waals surface area contributed by atoms with Crippen molar-refractivity contribution in [1.29, 1.82) is 5.26 Å². The number of hydrogen-bond donors (Lipinski definition) is 1. The highest BCUT2D eigenvalue weighted by atomic mass is 16.2. The summed E-state index contributed by atoms with van der Waals surface area (Å²) in [7, 11) is 1.61. The average molecular weight is 177 g/mol. The lowest BCUT2D eigenvalue weighted by Gasteiger charge is -2.11. The van der Waals surface area contributed by atoms with Gasteiger partial charge in [0.05, 0.1) is 11.6 Å². The molecule has 0 spiro atoms. The standard InChI is InChI=1S/C9H11N3O/c1-7-5-11-6-8(7)9(13)12(2)4-3-10/h5-6,11H,4H2,1-2H3. The molecule has 1 N–H and O–H groups in total. The second kappa shape index (κ2) is 3.76. The zero-order chi connectivity index (χ0) is 9.84. The Morgan fingerprint density at radius 2 is 2.38 bits per heavy atom. The van der Waals surface area contributed by atoms with Crippen LogP contribution in [0.3, 0.4) is 0 Å². The summed E-state index contributed by atoms with van der Waals surface area (Å²) in [5.41, 5.74) is 1.52. The van der Waals surface area contributed by atoms with E-state index in [1.54, 1.807) is 19.4 Å². The second-order valence-electron chi connectivity index (χ2n) is 2.87. The molecule has 1 rings (SSSR count). The maximum atomic E-state index is 11.6. The summed E-state index contributed by atoms with van der Waals surface area (Å²) in [6.07, 6.45) is 3.40. The summed E-state index contributed by atoms with van der Waals surface area (Å²) in [5, 5.41) is 8.40. The van der Waals surface area contributed by atoms with Crippen LogP contribution in [0, 0.1) is 18.3 Å². The van der Waals surface area contributed by atoms with Gasteiger partial charge in [0.15, 0.2) is 0 Å². The Balaban J connectivity index is 2.81. The van der Waals surface area contributed by atoms with Gasteiger partial charge in [-0.15, -0.1) is 0 Å². The largest absolute Gasteiger partial charge is 0.367 e. The van der Waals surface area contributed by atoms with E-state index >= 15 is 0 Å². The Hall–Kier alpha value is -1.76. The van der Waals surface area contributed by atoms with Crippen molar-refractivity contribution in [3.05, 3.63) is 23.5 Å². The van der Waals surface area contributed by atoms with Crippen LogP contribution >= 0.6 is 0 Å². The number of aryl methyl sites for hydroxylation is 1. The van der Waals surface area contributed by atoms with Gasteiger partial charge in [0.1, 0.15) is 6.54 Å². The molecule has 13 heavy (non-hydrogen) atoms. The zero-order valence-electron chi connectivity index (χ0n) is 7.66. The first-order valence-electron chi connectivity index (χ1n) is 3.92.